The van der Waals surface area contributed by atoms with Crippen molar-refractivity contribution in [3.05, 3.63) is 23.8 Å². The lowest BCUT2D eigenvalue weighted by Gasteiger charge is -2.32. The third-order valence-corrected chi connectivity index (χ3v) is 5.94. The number of hydrogen-bond acceptors (Lipinski definition) is 5. The first-order valence-electron chi connectivity index (χ1n) is 9.00. The molecule has 2 heterocycles. The van der Waals surface area contributed by atoms with Gasteiger partial charge in [-0.3, -0.25) is 0 Å². The van der Waals surface area contributed by atoms with Gasteiger partial charge in [0, 0.05) is 13.6 Å². The Morgan fingerprint density at radius 1 is 1.32 bits per heavy atom. The molecule has 0 bridgehead atoms. The Hall–Kier alpha value is -1.73. The lowest BCUT2D eigenvalue weighted by molar-refractivity contribution is -0.0246. The number of nitrogens with one attached hydrogen (secondary N) is 1. The number of benzene rings is 1. The number of hydrogen-bond donors (Lipinski definition) is 1. The van der Waals surface area contributed by atoms with E-state index in [1.165, 1.54) is 31.0 Å². The Morgan fingerprint density at radius 3 is 2.96 bits per heavy atom. The third kappa shape index (κ3) is 3.62. The van der Waals surface area contributed by atoms with Crippen molar-refractivity contribution in [1.29, 1.82) is 0 Å². The predicted molar refractivity (Wildman–Crippen MR) is 97.6 cm³/mol. The van der Waals surface area contributed by atoms with Crippen molar-refractivity contribution in [3.8, 4) is 0 Å². The maximum Gasteiger partial charge on any atom is 0.317 e. The van der Waals surface area contributed by atoms with Gasteiger partial charge >= 0.3 is 6.03 Å². The Labute approximate surface area is 151 Å². The molecule has 1 saturated carbocycles. The molecular weight excluding hydrogens is 336 g/mol. The molecule has 2 amide bonds. The second-order valence-electron chi connectivity index (χ2n) is 7.35. The van der Waals surface area contributed by atoms with Crippen molar-refractivity contribution in [3.63, 3.8) is 0 Å². The highest BCUT2D eigenvalue weighted by molar-refractivity contribution is 7.00. The highest BCUT2D eigenvalue weighted by Gasteiger charge is 2.41. The molecule has 1 aliphatic heterocycles. The van der Waals surface area contributed by atoms with Gasteiger partial charge in [-0.15, -0.1) is 0 Å². The van der Waals surface area contributed by atoms with Crippen molar-refractivity contribution < 1.29 is 9.53 Å². The first-order chi connectivity index (χ1) is 12.1. The van der Waals surface area contributed by atoms with Gasteiger partial charge in [-0.25, -0.2) is 4.79 Å². The fourth-order valence-corrected chi connectivity index (χ4v) is 4.56. The highest BCUT2D eigenvalue weighted by Crippen LogP contribution is 2.39. The fourth-order valence-electron chi connectivity index (χ4n) is 4.04. The molecule has 1 saturated heterocycles. The van der Waals surface area contributed by atoms with Crippen LogP contribution in [0.5, 0.6) is 0 Å². The SMILES string of the molecule is CN(Cc1ccc2nsnc2c1)C(=O)N[C@H]1COC2(CCCCC2)C1. The first-order valence-corrected chi connectivity index (χ1v) is 9.73. The van der Waals surface area contributed by atoms with Gasteiger partial charge in [-0.05, 0) is 37.0 Å². The first kappa shape index (κ1) is 16.7. The van der Waals surface area contributed by atoms with Crippen molar-refractivity contribution in [2.45, 2.75) is 56.7 Å². The van der Waals surface area contributed by atoms with Crippen LogP contribution in [0, 0.1) is 0 Å². The molecule has 1 aliphatic carbocycles. The molecule has 7 heteroatoms. The molecule has 6 nitrogen and oxygen atoms in total. The van der Waals surface area contributed by atoms with Crippen LogP contribution in [0.2, 0.25) is 0 Å². The quantitative estimate of drug-likeness (QED) is 0.912. The van der Waals surface area contributed by atoms with E-state index in [1.54, 1.807) is 4.90 Å². The highest BCUT2D eigenvalue weighted by atomic mass is 32.1. The van der Waals surface area contributed by atoms with Crippen LogP contribution in [0.15, 0.2) is 18.2 Å². The number of aromatic nitrogens is 2. The van der Waals surface area contributed by atoms with Crippen molar-refractivity contribution in [2.24, 2.45) is 0 Å². The van der Waals surface area contributed by atoms with E-state index in [4.69, 9.17) is 4.74 Å². The molecule has 0 radical (unpaired) electrons. The van der Waals surface area contributed by atoms with E-state index in [-0.39, 0.29) is 17.7 Å². The molecule has 1 spiro atoms. The predicted octanol–water partition coefficient (Wildman–Crippen LogP) is 3.32. The van der Waals surface area contributed by atoms with Gasteiger partial charge in [0.1, 0.15) is 11.0 Å². The lowest BCUT2D eigenvalue weighted by Crippen LogP contribution is -2.43. The van der Waals surface area contributed by atoms with Gasteiger partial charge in [0.25, 0.3) is 0 Å². The number of ether oxygens (including phenoxy) is 1. The fraction of sp³-hybridized carbons (Fsp3) is 0.611. The van der Waals surface area contributed by atoms with Gasteiger partial charge in [0.15, 0.2) is 0 Å². The Morgan fingerprint density at radius 2 is 2.12 bits per heavy atom. The van der Waals surface area contributed by atoms with Crippen LogP contribution in [0.4, 0.5) is 4.79 Å². The van der Waals surface area contributed by atoms with Crippen LogP contribution in [-0.2, 0) is 11.3 Å². The Kier molecular flexibility index (Phi) is 4.60. The molecule has 1 aromatic heterocycles. The lowest BCUT2D eigenvalue weighted by atomic mass is 9.82. The van der Waals surface area contributed by atoms with Crippen LogP contribution >= 0.6 is 11.7 Å². The summed E-state index contributed by atoms with van der Waals surface area (Å²) in [6.45, 7) is 1.19. The van der Waals surface area contributed by atoms with Gasteiger partial charge in [-0.2, -0.15) is 8.75 Å². The zero-order valence-electron chi connectivity index (χ0n) is 14.5. The summed E-state index contributed by atoms with van der Waals surface area (Å²) in [5.41, 5.74) is 2.88. The van der Waals surface area contributed by atoms with Gasteiger partial charge in [0.05, 0.1) is 30.0 Å². The summed E-state index contributed by atoms with van der Waals surface area (Å²) < 4.78 is 14.6. The van der Waals surface area contributed by atoms with E-state index in [2.05, 4.69) is 14.1 Å². The molecule has 2 aromatic rings. The second-order valence-corrected chi connectivity index (χ2v) is 7.88. The molecule has 1 N–H and O–H groups in total. The minimum absolute atomic E-state index is 0.0252. The van der Waals surface area contributed by atoms with E-state index in [0.29, 0.717) is 13.2 Å². The van der Waals surface area contributed by atoms with Crippen LogP contribution in [0.3, 0.4) is 0 Å². The number of nitrogens with zero attached hydrogens (tertiary/aromatic N) is 3. The number of carbonyl (C=O) groups excluding carboxylic acids is 1. The Bertz CT molecular complexity index is 756. The zero-order valence-corrected chi connectivity index (χ0v) is 15.3. The van der Waals surface area contributed by atoms with Crippen molar-refractivity contribution >= 4 is 28.8 Å². The van der Waals surface area contributed by atoms with Crippen LogP contribution in [0.1, 0.15) is 44.1 Å². The summed E-state index contributed by atoms with van der Waals surface area (Å²) in [7, 11) is 1.82. The van der Waals surface area contributed by atoms with Gasteiger partial charge in [0.2, 0.25) is 0 Å². The van der Waals surface area contributed by atoms with Crippen molar-refractivity contribution in [1.82, 2.24) is 19.0 Å². The average molecular weight is 360 g/mol. The maximum atomic E-state index is 12.5. The number of carbonyl (C=O) groups is 1. The number of fused-ring (bicyclic) bond motifs is 1. The molecule has 2 fully saturated rings. The summed E-state index contributed by atoms with van der Waals surface area (Å²) in [6, 6.07) is 6.04. The standard InChI is InChI=1S/C18H24N4O2S/c1-22(11-13-5-6-15-16(9-13)21-25-20-15)17(23)19-14-10-18(24-12-14)7-3-2-4-8-18/h5-6,9,14H,2-4,7-8,10-12H2,1H3,(H,19,23)/t14-/m1/s1. The summed E-state index contributed by atoms with van der Waals surface area (Å²) in [4.78, 5) is 14.2. The summed E-state index contributed by atoms with van der Waals surface area (Å²) >= 11 is 1.21. The molecule has 134 valence electrons. The second kappa shape index (κ2) is 6.88. The number of urea groups is 1. The largest absolute Gasteiger partial charge is 0.373 e. The van der Waals surface area contributed by atoms with Crippen LogP contribution < -0.4 is 5.32 Å². The van der Waals surface area contributed by atoms with E-state index in [1.807, 2.05) is 25.2 Å². The topological polar surface area (TPSA) is 67.4 Å². The number of rotatable bonds is 3. The molecule has 1 aromatic carbocycles. The van der Waals surface area contributed by atoms with Crippen LogP contribution in [-0.4, -0.2) is 45.0 Å². The average Bonchev–Trinajstić information content (AvgIpc) is 3.22. The summed E-state index contributed by atoms with van der Waals surface area (Å²) in [5, 5.41) is 3.14. The van der Waals surface area contributed by atoms with Crippen molar-refractivity contribution in [2.75, 3.05) is 13.7 Å². The molecule has 4 rings (SSSR count). The minimum Gasteiger partial charge on any atom is -0.373 e. The maximum absolute atomic E-state index is 12.5. The minimum atomic E-state index is -0.0436. The van der Waals surface area contributed by atoms with E-state index < -0.39 is 0 Å². The van der Waals surface area contributed by atoms with Gasteiger partial charge < -0.3 is 15.0 Å². The summed E-state index contributed by atoms with van der Waals surface area (Å²) in [6.07, 6.45) is 7.02. The monoisotopic (exact) mass is 360 g/mol. The smallest absolute Gasteiger partial charge is 0.317 e. The van der Waals surface area contributed by atoms with E-state index in [9.17, 15) is 4.79 Å². The molecular formula is C18H24N4O2S. The normalized spacial score (nSPS) is 22.4. The molecule has 1 atom stereocenters. The summed E-state index contributed by atoms with van der Waals surface area (Å²) in [5.74, 6) is 0. The molecule has 25 heavy (non-hydrogen) atoms. The molecule has 2 aliphatic rings. The van der Waals surface area contributed by atoms with Crippen LogP contribution in [0.25, 0.3) is 11.0 Å². The zero-order chi connectivity index (χ0) is 17.3. The van der Waals surface area contributed by atoms with E-state index in [0.717, 1.165) is 35.9 Å². The van der Waals surface area contributed by atoms with E-state index >= 15 is 0 Å². The van der Waals surface area contributed by atoms with Gasteiger partial charge in [-0.1, -0.05) is 25.3 Å². The third-order valence-electron chi connectivity index (χ3n) is 5.39. The number of amides is 2. The molecule has 0 unspecified atom stereocenters. The Balaban J connectivity index is 1.33.